The van der Waals surface area contributed by atoms with Gasteiger partial charge in [-0.3, -0.25) is 19.8 Å². The van der Waals surface area contributed by atoms with Crippen LogP contribution in [0, 0.1) is 10.1 Å². The number of piperazine rings is 1. The van der Waals surface area contributed by atoms with Gasteiger partial charge in [0.05, 0.1) is 12.0 Å². The molecular formula is C21H25ClN4O4. The number of carbonyl (C=O) groups is 1. The Morgan fingerprint density at radius 2 is 1.87 bits per heavy atom. The maximum absolute atomic E-state index is 12.2. The Balaban J connectivity index is 1.38. The zero-order valence-electron chi connectivity index (χ0n) is 16.8. The van der Waals surface area contributed by atoms with E-state index in [1.165, 1.54) is 23.9 Å². The first-order valence-corrected chi connectivity index (χ1v) is 10.2. The molecule has 8 nitrogen and oxygen atoms in total. The second-order valence-electron chi connectivity index (χ2n) is 7.06. The first-order valence-electron chi connectivity index (χ1n) is 9.81. The standard InChI is InChI=1S/C21H25ClN4O4/c1-30-18-6-4-17(5-7-18)25-13-11-24(12-14-25)10-2-9-23-21(27)16-3-8-19(22)20(15-16)26(28)29/h3-8,15H,2,9-14H2,1H3,(H,23,27). The Bertz CT molecular complexity index is 883. The number of amides is 1. The fraction of sp³-hybridized carbons (Fsp3) is 0.381. The van der Waals surface area contributed by atoms with Crippen LogP contribution in [0.25, 0.3) is 0 Å². The van der Waals surface area contributed by atoms with E-state index in [-0.39, 0.29) is 22.2 Å². The lowest BCUT2D eigenvalue weighted by molar-refractivity contribution is -0.384. The zero-order valence-corrected chi connectivity index (χ0v) is 17.6. The van der Waals surface area contributed by atoms with Gasteiger partial charge in [-0.15, -0.1) is 0 Å². The van der Waals surface area contributed by atoms with Crippen molar-refractivity contribution in [3.05, 3.63) is 63.2 Å². The number of nitro groups is 1. The third-order valence-electron chi connectivity index (χ3n) is 5.15. The largest absolute Gasteiger partial charge is 0.497 e. The molecule has 0 bridgehead atoms. The molecule has 3 rings (SSSR count). The molecule has 1 fully saturated rings. The quantitative estimate of drug-likeness (QED) is 0.391. The van der Waals surface area contributed by atoms with Crippen molar-refractivity contribution in [2.45, 2.75) is 6.42 Å². The minimum absolute atomic E-state index is 0.0188. The second-order valence-corrected chi connectivity index (χ2v) is 7.47. The lowest BCUT2D eigenvalue weighted by Gasteiger charge is -2.36. The van der Waals surface area contributed by atoms with Crippen LogP contribution in [0.3, 0.4) is 0 Å². The minimum Gasteiger partial charge on any atom is -0.497 e. The summed E-state index contributed by atoms with van der Waals surface area (Å²) in [5, 5.41) is 13.8. The summed E-state index contributed by atoms with van der Waals surface area (Å²) in [6.07, 6.45) is 0.809. The van der Waals surface area contributed by atoms with E-state index in [4.69, 9.17) is 16.3 Å². The number of halogens is 1. The number of hydrogen-bond donors (Lipinski definition) is 1. The van der Waals surface area contributed by atoms with Crippen LogP contribution in [0.2, 0.25) is 5.02 Å². The summed E-state index contributed by atoms with van der Waals surface area (Å²) < 4.78 is 5.20. The van der Waals surface area contributed by atoms with Crippen LogP contribution in [0.1, 0.15) is 16.8 Å². The number of benzene rings is 2. The summed E-state index contributed by atoms with van der Waals surface area (Å²) in [6, 6.07) is 12.2. The van der Waals surface area contributed by atoms with Crippen molar-refractivity contribution in [3.8, 4) is 5.75 Å². The summed E-state index contributed by atoms with van der Waals surface area (Å²) in [4.78, 5) is 27.3. The van der Waals surface area contributed by atoms with Crippen molar-refractivity contribution in [2.24, 2.45) is 0 Å². The molecule has 2 aromatic carbocycles. The van der Waals surface area contributed by atoms with Crippen molar-refractivity contribution in [2.75, 3.05) is 51.3 Å². The van der Waals surface area contributed by atoms with Crippen molar-refractivity contribution < 1.29 is 14.5 Å². The van der Waals surface area contributed by atoms with Crippen LogP contribution in [0.5, 0.6) is 5.75 Å². The van der Waals surface area contributed by atoms with Gasteiger partial charge in [0, 0.05) is 50.0 Å². The van der Waals surface area contributed by atoms with Crippen LogP contribution in [0.15, 0.2) is 42.5 Å². The van der Waals surface area contributed by atoms with Crippen molar-refractivity contribution >= 4 is 28.9 Å². The molecule has 0 unspecified atom stereocenters. The Hall–Kier alpha value is -2.84. The van der Waals surface area contributed by atoms with Gasteiger partial charge >= 0.3 is 0 Å². The number of carbonyl (C=O) groups excluding carboxylic acids is 1. The summed E-state index contributed by atoms with van der Waals surface area (Å²) >= 11 is 5.78. The van der Waals surface area contributed by atoms with Crippen LogP contribution < -0.4 is 15.0 Å². The highest BCUT2D eigenvalue weighted by molar-refractivity contribution is 6.32. The van der Waals surface area contributed by atoms with Gasteiger partial charge in [0.1, 0.15) is 10.8 Å². The van der Waals surface area contributed by atoms with Gasteiger partial charge in [-0.25, -0.2) is 0 Å². The molecule has 0 saturated carbocycles. The lowest BCUT2D eigenvalue weighted by Crippen LogP contribution is -2.47. The molecule has 9 heteroatoms. The summed E-state index contributed by atoms with van der Waals surface area (Å²) in [7, 11) is 1.66. The Morgan fingerprint density at radius 1 is 1.17 bits per heavy atom. The van der Waals surface area contributed by atoms with E-state index < -0.39 is 4.92 Å². The number of nitro benzene ring substituents is 1. The maximum atomic E-state index is 12.2. The minimum atomic E-state index is -0.593. The average molecular weight is 433 g/mol. The average Bonchev–Trinajstić information content (AvgIpc) is 2.77. The van der Waals surface area contributed by atoms with E-state index in [0.717, 1.165) is 44.9 Å². The van der Waals surface area contributed by atoms with Gasteiger partial charge in [0.2, 0.25) is 0 Å². The number of rotatable bonds is 8. The first kappa shape index (κ1) is 21.9. The van der Waals surface area contributed by atoms with Gasteiger partial charge in [-0.1, -0.05) is 11.6 Å². The molecule has 0 atom stereocenters. The topological polar surface area (TPSA) is 88.0 Å². The second kappa shape index (κ2) is 10.3. The predicted octanol–water partition coefficient (Wildman–Crippen LogP) is 3.20. The van der Waals surface area contributed by atoms with Crippen molar-refractivity contribution in [3.63, 3.8) is 0 Å². The number of ether oxygens (including phenoxy) is 1. The molecule has 1 amide bonds. The van der Waals surface area contributed by atoms with E-state index in [0.29, 0.717) is 6.54 Å². The third-order valence-corrected chi connectivity index (χ3v) is 5.47. The molecule has 30 heavy (non-hydrogen) atoms. The summed E-state index contributed by atoms with van der Waals surface area (Å²) in [5.74, 6) is 0.520. The van der Waals surface area contributed by atoms with Gasteiger partial charge in [0.15, 0.2) is 0 Å². The lowest BCUT2D eigenvalue weighted by atomic mass is 10.2. The van der Waals surface area contributed by atoms with E-state index in [2.05, 4.69) is 27.2 Å². The Morgan fingerprint density at radius 3 is 2.50 bits per heavy atom. The number of anilines is 1. The van der Waals surface area contributed by atoms with Gasteiger partial charge in [0.25, 0.3) is 11.6 Å². The summed E-state index contributed by atoms with van der Waals surface area (Å²) in [5.41, 5.74) is 1.16. The highest BCUT2D eigenvalue weighted by Crippen LogP contribution is 2.25. The molecule has 1 aliphatic heterocycles. The molecule has 1 N–H and O–H groups in total. The molecule has 160 valence electrons. The van der Waals surface area contributed by atoms with Gasteiger partial charge in [-0.2, -0.15) is 0 Å². The van der Waals surface area contributed by atoms with E-state index in [1.54, 1.807) is 7.11 Å². The van der Waals surface area contributed by atoms with E-state index >= 15 is 0 Å². The molecule has 1 aliphatic rings. The Kier molecular flexibility index (Phi) is 7.48. The fourth-order valence-electron chi connectivity index (χ4n) is 3.42. The van der Waals surface area contributed by atoms with Crippen molar-refractivity contribution in [1.82, 2.24) is 10.2 Å². The van der Waals surface area contributed by atoms with E-state index in [9.17, 15) is 14.9 Å². The Labute approximate surface area is 180 Å². The fourth-order valence-corrected chi connectivity index (χ4v) is 3.61. The number of hydrogen-bond acceptors (Lipinski definition) is 6. The smallest absolute Gasteiger partial charge is 0.288 e. The summed E-state index contributed by atoms with van der Waals surface area (Å²) in [6.45, 7) is 5.22. The maximum Gasteiger partial charge on any atom is 0.288 e. The van der Waals surface area contributed by atoms with Crippen molar-refractivity contribution in [1.29, 1.82) is 0 Å². The normalized spacial score (nSPS) is 14.4. The molecule has 1 heterocycles. The van der Waals surface area contributed by atoms with Gasteiger partial charge in [-0.05, 0) is 49.4 Å². The van der Waals surface area contributed by atoms with Crippen LogP contribution in [0.4, 0.5) is 11.4 Å². The number of nitrogens with zero attached hydrogens (tertiary/aromatic N) is 3. The van der Waals surface area contributed by atoms with Crippen LogP contribution in [-0.2, 0) is 0 Å². The number of methoxy groups -OCH3 is 1. The zero-order chi connectivity index (χ0) is 21.5. The number of nitrogens with one attached hydrogen (secondary N) is 1. The monoisotopic (exact) mass is 432 g/mol. The van der Waals surface area contributed by atoms with Gasteiger partial charge < -0.3 is 15.0 Å². The first-order chi connectivity index (χ1) is 14.5. The third kappa shape index (κ3) is 5.61. The molecule has 0 spiro atoms. The van der Waals surface area contributed by atoms with Crippen LogP contribution in [-0.4, -0.2) is 62.1 Å². The molecule has 1 saturated heterocycles. The highest BCUT2D eigenvalue weighted by Gasteiger charge is 2.18. The molecule has 2 aromatic rings. The van der Waals surface area contributed by atoms with Crippen LogP contribution >= 0.6 is 11.6 Å². The highest BCUT2D eigenvalue weighted by atomic mass is 35.5. The molecule has 0 aliphatic carbocycles. The van der Waals surface area contributed by atoms with E-state index in [1.807, 2.05) is 12.1 Å². The SMILES string of the molecule is COc1ccc(N2CCN(CCCNC(=O)c3ccc(Cl)c([N+](=O)[O-])c3)CC2)cc1. The molecule has 0 radical (unpaired) electrons. The molecule has 0 aromatic heterocycles. The predicted molar refractivity (Wildman–Crippen MR) is 117 cm³/mol. The molecular weight excluding hydrogens is 408 g/mol.